The molecule has 31 heavy (non-hydrogen) atoms. The second-order valence-corrected chi connectivity index (χ2v) is 9.03. The van der Waals surface area contributed by atoms with Gasteiger partial charge < -0.3 is 9.84 Å². The number of aliphatic hydroxyl groups excluding tert-OH is 1. The number of imidazole rings is 1. The average Bonchev–Trinajstić information content (AvgIpc) is 3.26. The highest BCUT2D eigenvalue weighted by Gasteiger charge is 2.26. The number of aromatic nitrogens is 3. The molecule has 2 heterocycles. The molecule has 0 aliphatic carbocycles. The quantitative estimate of drug-likeness (QED) is 0.424. The van der Waals surface area contributed by atoms with Crippen LogP contribution < -0.4 is 0 Å². The Labute approximate surface area is 187 Å². The molecule has 2 aromatic carbocycles. The minimum Gasteiger partial charge on any atom is -0.393 e. The Kier molecular flexibility index (Phi) is 5.84. The first-order valence-electron chi connectivity index (χ1n) is 10.2. The summed E-state index contributed by atoms with van der Waals surface area (Å²) in [5, 5.41) is 11.9. The summed E-state index contributed by atoms with van der Waals surface area (Å²) in [6, 6.07) is 13.8. The first kappa shape index (κ1) is 21.5. The van der Waals surface area contributed by atoms with Crippen molar-refractivity contribution in [1.82, 2.24) is 14.5 Å². The summed E-state index contributed by atoms with van der Waals surface area (Å²) in [6.07, 6.45) is 4.86. The van der Waals surface area contributed by atoms with Gasteiger partial charge in [-0.25, -0.2) is 9.97 Å². The summed E-state index contributed by atoms with van der Waals surface area (Å²) >= 11 is 6.16. The molecule has 1 unspecified atom stereocenters. The Morgan fingerprint density at radius 3 is 2.48 bits per heavy atom. The Bertz CT molecular complexity index is 1200. The van der Waals surface area contributed by atoms with Gasteiger partial charge in [-0.15, -0.1) is 0 Å². The lowest BCUT2D eigenvalue weighted by Crippen LogP contribution is -2.25. The largest absolute Gasteiger partial charge is 0.393 e. The standard InChI is InChI=1S/C25H26ClN3O2/c1-16-13-20-19(9-10-22(28-20)29-12-11-27-15-29)24(17-5-7-18(26)8-6-17)23(16)21(14-30)31-25(2,3)4/h5-13,15,21,30H,14H2,1-4H3. The minimum absolute atomic E-state index is 0.120. The van der Waals surface area contributed by atoms with Crippen molar-refractivity contribution in [2.75, 3.05) is 6.61 Å². The van der Waals surface area contributed by atoms with Crippen LogP contribution in [0, 0.1) is 6.92 Å². The summed E-state index contributed by atoms with van der Waals surface area (Å²) in [5.41, 5.74) is 4.43. The van der Waals surface area contributed by atoms with Crippen LogP contribution in [-0.2, 0) is 4.74 Å². The van der Waals surface area contributed by atoms with Crippen LogP contribution in [0.15, 0.2) is 61.2 Å². The second-order valence-electron chi connectivity index (χ2n) is 8.60. The number of aliphatic hydroxyl groups is 1. The smallest absolute Gasteiger partial charge is 0.138 e. The van der Waals surface area contributed by atoms with E-state index in [4.69, 9.17) is 21.3 Å². The van der Waals surface area contributed by atoms with Gasteiger partial charge >= 0.3 is 0 Å². The minimum atomic E-state index is -0.469. The third-order valence-electron chi connectivity index (χ3n) is 5.11. The van der Waals surface area contributed by atoms with Gasteiger partial charge in [0.25, 0.3) is 0 Å². The first-order valence-corrected chi connectivity index (χ1v) is 10.6. The average molecular weight is 436 g/mol. The number of ether oxygens (including phenoxy) is 1. The van der Waals surface area contributed by atoms with Crippen LogP contribution in [0.1, 0.15) is 38.0 Å². The number of halogens is 1. The third-order valence-corrected chi connectivity index (χ3v) is 5.36. The fourth-order valence-corrected chi connectivity index (χ4v) is 4.03. The van der Waals surface area contributed by atoms with Crippen LogP contribution >= 0.6 is 11.6 Å². The highest BCUT2D eigenvalue weighted by Crippen LogP contribution is 2.40. The van der Waals surface area contributed by atoms with Gasteiger partial charge in [-0.2, -0.15) is 0 Å². The van der Waals surface area contributed by atoms with E-state index in [1.807, 2.05) is 68.8 Å². The zero-order valence-corrected chi connectivity index (χ0v) is 18.9. The van der Waals surface area contributed by atoms with Crippen molar-refractivity contribution >= 4 is 22.5 Å². The van der Waals surface area contributed by atoms with Crippen molar-refractivity contribution in [2.45, 2.75) is 39.4 Å². The summed E-state index contributed by atoms with van der Waals surface area (Å²) < 4.78 is 8.14. The van der Waals surface area contributed by atoms with Gasteiger partial charge in [-0.1, -0.05) is 23.7 Å². The lowest BCUT2D eigenvalue weighted by molar-refractivity contribution is -0.0821. The molecule has 5 nitrogen and oxygen atoms in total. The fraction of sp³-hybridized carbons (Fsp3) is 0.280. The molecule has 4 rings (SSSR count). The maximum absolute atomic E-state index is 10.3. The molecule has 0 amide bonds. The van der Waals surface area contributed by atoms with Gasteiger partial charge in [-0.3, -0.25) is 4.57 Å². The molecule has 0 spiro atoms. The van der Waals surface area contributed by atoms with Gasteiger partial charge in [-0.05, 0) is 80.3 Å². The number of benzene rings is 2. The molecule has 6 heteroatoms. The molecule has 0 aliphatic heterocycles. The predicted molar refractivity (Wildman–Crippen MR) is 125 cm³/mol. The number of aryl methyl sites for hydroxylation is 1. The first-order chi connectivity index (χ1) is 14.8. The molecule has 1 atom stereocenters. The molecule has 2 aromatic heterocycles. The molecule has 0 aliphatic rings. The molecule has 0 saturated carbocycles. The van der Waals surface area contributed by atoms with E-state index in [-0.39, 0.29) is 6.61 Å². The van der Waals surface area contributed by atoms with Crippen LogP contribution in [0.25, 0.3) is 27.8 Å². The maximum atomic E-state index is 10.3. The van der Waals surface area contributed by atoms with Crippen LogP contribution in [-0.4, -0.2) is 31.8 Å². The van der Waals surface area contributed by atoms with E-state index in [1.165, 1.54) is 0 Å². The SMILES string of the molecule is Cc1cc2nc(-n3ccnc3)ccc2c(-c2ccc(Cl)cc2)c1C(CO)OC(C)(C)C. The third kappa shape index (κ3) is 4.49. The summed E-state index contributed by atoms with van der Waals surface area (Å²) in [6.45, 7) is 7.89. The maximum Gasteiger partial charge on any atom is 0.138 e. The molecule has 0 radical (unpaired) electrons. The fourth-order valence-electron chi connectivity index (χ4n) is 3.91. The molecule has 4 aromatic rings. The number of fused-ring (bicyclic) bond motifs is 1. The lowest BCUT2D eigenvalue weighted by Gasteiger charge is -2.30. The molecule has 0 fully saturated rings. The van der Waals surface area contributed by atoms with E-state index in [0.717, 1.165) is 39.0 Å². The van der Waals surface area contributed by atoms with Gasteiger partial charge in [0.1, 0.15) is 18.2 Å². The zero-order chi connectivity index (χ0) is 22.2. The summed E-state index contributed by atoms with van der Waals surface area (Å²) in [7, 11) is 0. The Morgan fingerprint density at radius 1 is 1.13 bits per heavy atom. The second kappa shape index (κ2) is 8.42. The molecule has 160 valence electrons. The molecule has 1 N–H and O–H groups in total. The number of hydrogen-bond donors (Lipinski definition) is 1. The van der Waals surface area contributed by atoms with Gasteiger partial charge in [0.15, 0.2) is 0 Å². The van der Waals surface area contributed by atoms with Crippen molar-refractivity contribution in [3.8, 4) is 16.9 Å². The van der Waals surface area contributed by atoms with Gasteiger partial charge in [0, 0.05) is 22.8 Å². The normalized spacial score (nSPS) is 13.0. The van der Waals surface area contributed by atoms with Gasteiger partial charge in [0.05, 0.1) is 17.7 Å². The number of hydrogen-bond acceptors (Lipinski definition) is 4. The van der Waals surface area contributed by atoms with Crippen LogP contribution in [0.5, 0.6) is 0 Å². The van der Waals surface area contributed by atoms with E-state index in [2.05, 4.69) is 17.1 Å². The van der Waals surface area contributed by atoms with Crippen LogP contribution in [0.4, 0.5) is 0 Å². The van der Waals surface area contributed by atoms with Gasteiger partial charge in [0.2, 0.25) is 0 Å². The van der Waals surface area contributed by atoms with E-state index in [1.54, 1.807) is 12.5 Å². The van der Waals surface area contributed by atoms with Crippen molar-refractivity contribution in [3.63, 3.8) is 0 Å². The Morgan fingerprint density at radius 2 is 1.87 bits per heavy atom. The predicted octanol–water partition coefficient (Wildman–Crippen LogP) is 5.90. The van der Waals surface area contributed by atoms with Crippen molar-refractivity contribution in [1.29, 1.82) is 0 Å². The highest BCUT2D eigenvalue weighted by atomic mass is 35.5. The van der Waals surface area contributed by atoms with Crippen molar-refractivity contribution in [3.05, 3.63) is 77.3 Å². The number of rotatable bonds is 5. The van der Waals surface area contributed by atoms with E-state index >= 15 is 0 Å². The van der Waals surface area contributed by atoms with Crippen LogP contribution in [0.3, 0.4) is 0 Å². The van der Waals surface area contributed by atoms with E-state index < -0.39 is 11.7 Å². The lowest BCUT2D eigenvalue weighted by atomic mass is 9.88. The number of pyridine rings is 1. The van der Waals surface area contributed by atoms with Crippen molar-refractivity contribution < 1.29 is 9.84 Å². The Hall–Kier alpha value is -2.73. The van der Waals surface area contributed by atoms with E-state index in [0.29, 0.717) is 5.02 Å². The molecular weight excluding hydrogens is 410 g/mol. The number of nitrogens with zero attached hydrogens (tertiary/aromatic N) is 3. The topological polar surface area (TPSA) is 60.2 Å². The molecule has 0 bridgehead atoms. The Balaban J connectivity index is 1.99. The monoisotopic (exact) mass is 435 g/mol. The van der Waals surface area contributed by atoms with Crippen LogP contribution in [0.2, 0.25) is 5.02 Å². The summed E-state index contributed by atoms with van der Waals surface area (Å²) in [5.74, 6) is 0.795. The molecular formula is C25H26ClN3O2. The highest BCUT2D eigenvalue weighted by molar-refractivity contribution is 6.30. The van der Waals surface area contributed by atoms with Crippen molar-refractivity contribution in [2.24, 2.45) is 0 Å². The zero-order valence-electron chi connectivity index (χ0n) is 18.1. The van der Waals surface area contributed by atoms with E-state index in [9.17, 15) is 5.11 Å². The molecule has 0 saturated heterocycles. The summed E-state index contributed by atoms with van der Waals surface area (Å²) in [4.78, 5) is 8.99.